The minimum atomic E-state index is -0.970. The molecule has 1 fully saturated rings. The average molecular weight is 498 g/mol. The molecule has 4 aliphatic rings. The summed E-state index contributed by atoms with van der Waals surface area (Å²) in [5.41, 5.74) is 0.683. The standard InChI is InChI=1S/C30H43NO5/c1-4-5-6-7-8-9-10-11-12-13-25(32)35-23-16-17-30(33)24-20-21-14-15-22(34-3)27-26(21)29(30,28(23)36-27)18-19-31(24)2/h14-16,24,28,33H,4-13,17-20H2,1-3H3/t24-,28+,29+,30-/m1/s1. The Hall–Kier alpha value is -2.05. The van der Waals surface area contributed by atoms with Gasteiger partial charge in [0.1, 0.15) is 5.76 Å². The van der Waals surface area contributed by atoms with Gasteiger partial charge in [0, 0.05) is 24.4 Å². The van der Waals surface area contributed by atoms with Crippen LogP contribution in [0.1, 0.15) is 95.1 Å². The summed E-state index contributed by atoms with van der Waals surface area (Å²) in [6.07, 6.45) is 14.7. The largest absolute Gasteiger partial charge is 0.493 e. The van der Waals surface area contributed by atoms with E-state index in [9.17, 15) is 9.90 Å². The highest BCUT2D eigenvalue weighted by molar-refractivity contribution is 5.72. The summed E-state index contributed by atoms with van der Waals surface area (Å²) in [6.45, 7) is 3.11. The lowest BCUT2D eigenvalue weighted by Gasteiger charge is -2.61. The molecule has 1 aromatic rings. The summed E-state index contributed by atoms with van der Waals surface area (Å²) < 4.78 is 18.2. The molecule has 0 saturated carbocycles. The van der Waals surface area contributed by atoms with Crippen LogP contribution in [0, 0.1) is 0 Å². The number of likely N-dealkylation sites (N-methyl/N-ethyl adjacent to an activating group) is 1. The predicted molar refractivity (Wildman–Crippen MR) is 139 cm³/mol. The Labute approximate surface area is 216 Å². The first-order chi connectivity index (χ1) is 17.5. The molecule has 198 valence electrons. The van der Waals surface area contributed by atoms with Crippen molar-refractivity contribution < 1.29 is 24.1 Å². The molecular weight excluding hydrogens is 454 g/mol. The fourth-order valence-corrected chi connectivity index (χ4v) is 7.35. The number of aliphatic hydroxyl groups is 1. The number of hydrogen-bond donors (Lipinski definition) is 1. The zero-order valence-corrected chi connectivity index (χ0v) is 22.3. The van der Waals surface area contributed by atoms with Crippen LogP contribution >= 0.6 is 0 Å². The highest BCUT2D eigenvalue weighted by Crippen LogP contribution is 2.65. The van der Waals surface area contributed by atoms with Gasteiger partial charge in [-0.15, -0.1) is 0 Å². The number of methoxy groups -OCH3 is 1. The fourth-order valence-electron chi connectivity index (χ4n) is 7.35. The number of likely N-dealkylation sites (tertiary alicyclic amines) is 1. The molecule has 2 bridgehead atoms. The zero-order chi connectivity index (χ0) is 25.3. The smallest absolute Gasteiger partial charge is 0.310 e. The quantitative estimate of drug-likeness (QED) is 0.307. The SMILES string of the molecule is CCCCCCCCCCCC(=O)OC1=CC[C@@]2(O)[C@H]3Cc4ccc(OC)c5c4[C@@]2(CCN3C)[C@H]1O5. The third-order valence-corrected chi connectivity index (χ3v) is 9.27. The molecule has 4 atom stereocenters. The molecule has 1 N–H and O–H groups in total. The lowest BCUT2D eigenvalue weighted by atomic mass is 9.50. The molecule has 0 aromatic heterocycles. The van der Waals surface area contributed by atoms with Crippen LogP contribution in [0.3, 0.4) is 0 Å². The van der Waals surface area contributed by atoms with Crippen LogP contribution in [0.5, 0.6) is 11.5 Å². The number of benzene rings is 1. The van der Waals surface area contributed by atoms with Gasteiger partial charge >= 0.3 is 5.97 Å². The van der Waals surface area contributed by atoms with Crippen LogP contribution in [0.4, 0.5) is 0 Å². The van der Waals surface area contributed by atoms with E-state index in [1.54, 1.807) is 7.11 Å². The lowest BCUT2D eigenvalue weighted by molar-refractivity contribution is -0.169. The Morgan fingerprint density at radius 2 is 1.86 bits per heavy atom. The van der Waals surface area contributed by atoms with E-state index in [4.69, 9.17) is 14.2 Å². The number of carbonyl (C=O) groups excluding carboxylic acids is 1. The number of hydrogen-bond acceptors (Lipinski definition) is 6. The molecule has 2 aliphatic carbocycles. The summed E-state index contributed by atoms with van der Waals surface area (Å²) >= 11 is 0. The van der Waals surface area contributed by atoms with Gasteiger partial charge in [-0.3, -0.25) is 4.79 Å². The second kappa shape index (κ2) is 10.4. The van der Waals surface area contributed by atoms with E-state index in [2.05, 4.69) is 24.9 Å². The van der Waals surface area contributed by atoms with Gasteiger partial charge in [-0.25, -0.2) is 0 Å². The van der Waals surface area contributed by atoms with Gasteiger partial charge < -0.3 is 24.2 Å². The maximum absolute atomic E-state index is 12.9. The van der Waals surface area contributed by atoms with Gasteiger partial charge in [-0.05, 0) is 50.6 Å². The lowest BCUT2D eigenvalue weighted by Crippen LogP contribution is -2.74. The number of esters is 1. The van der Waals surface area contributed by atoms with E-state index in [1.807, 2.05) is 12.1 Å². The van der Waals surface area contributed by atoms with Crippen LogP contribution in [0.15, 0.2) is 24.0 Å². The normalized spacial score (nSPS) is 29.8. The number of unbranched alkanes of at least 4 members (excludes halogenated alkanes) is 8. The monoisotopic (exact) mass is 497 g/mol. The number of carbonyl (C=O) groups is 1. The minimum absolute atomic E-state index is 0.000306. The van der Waals surface area contributed by atoms with Crippen molar-refractivity contribution in [3.8, 4) is 11.5 Å². The number of rotatable bonds is 12. The summed E-state index contributed by atoms with van der Waals surface area (Å²) in [5.74, 6) is 1.76. The Morgan fingerprint density at radius 1 is 1.14 bits per heavy atom. The number of piperidine rings is 1. The second-order valence-corrected chi connectivity index (χ2v) is 11.3. The highest BCUT2D eigenvalue weighted by Gasteiger charge is 2.72. The van der Waals surface area contributed by atoms with Crippen molar-refractivity contribution in [1.82, 2.24) is 4.90 Å². The summed E-state index contributed by atoms with van der Waals surface area (Å²) in [7, 11) is 3.75. The van der Waals surface area contributed by atoms with Crippen LogP contribution < -0.4 is 9.47 Å². The van der Waals surface area contributed by atoms with Gasteiger partial charge in [0.05, 0.1) is 18.1 Å². The van der Waals surface area contributed by atoms with Gasteiger partial charge in [0.2, 0.25) is 0 Å². The van der Waals surface area contributed by atoms with Crippen molar-refractivity contribution in [1.29, 1.82) is 0 Å². The van der Waals surface area contributed by atoms with E-state index >= 15 is 0 Å². The molecule has 2 heterocycles. The topological polar surface area (TPSA) is 68.2 Å². The molecule has 0 unspecified atom stereocenters. The van der Waals surface area contributed by atoms with E-state index in [-0.39, 0.29) is 12.0 Å². The number of nitrogens with zero attached hydrogens (tertiary/aromatic N) is 1. The van der Waals surface area contributed by atoms with Gasteiger partial charge in [-0.2, -0.15) is 0 Å². The molecule has 0 amide bonds. The first-order valence-electron chi connectivity index (χ1n) is 14.2. The van der Waals surface area contributed by atoms with Crippen molar-refractivity contribution in [2.24, 2.45) is 0 Å². The van der Waals surface area contributed by atoms with Gasteiger partial charge in [-0.1, -0.05) is 64.4 Å². The maximum atomic E-state index is 12.9. The summed E-state index contributed by atoms with van der Waals surface area (Å²) in [6, 6.07) is 4.08. The summed E-state index contributed by atoms with van der Waals surface area (Å²) in [4.78, 5) is 15.1. The van der Waals surface area contributed by atoms with E-state index in [0.29, 0.717) is 30.1 Å². The molecule has 1 spiro atoms. The molecule has 2 aliphatic heterocycles. The molecule has 6 heteroatoms. The van der Waals surface area contributed by atoms with Crippen molar-refractivity contribution >= 4 is 5.97 Å². The van der Waals surface area contributed by atoms with Crippen molar-refractivity contribution in [2.45, 2.75) is 114 Å². The van der Waals surface area contributed by atoms with Gasteiger partial charge in [0.25, 0.3) is 0 Å². The highest BCUT2D eigenvalue weighted by atomic mass is 16.6. The molecule has 6 nitrogen and oxygen atoms in total. The molecular formula is C30H43NO5. The fraction of sp³-hybridized carbons (Fsp3) is 0.700. The first kappa shape index (κ1) is 25.6. The summed E-state index contributed by atoms with van der Waals surface area (Å²) in [5, 5.41) is 12.2. The van der Waals surface area contributed by atoms with Crippen LogP contribution in [-0.2, 0) is 21.4 Å². The third kappa shape index (κ3) is 4.05. The Bertz CT molecular complexity index is 1010. The average Bonchev–Trinajstić information content (AvgIpc) is 3.23. The maximum Gasteiger partial charge on any atom is 0.310 e. The zero-order valence-electron chi connectivity index (χ0n) is 22.3. The van der Waals surface area contributed by atoms with E-state index in [0.717, 1.165) is 37.8 Å². The van der Waals surface area contributed by atoms with Crippen LogP contribution in [0.2, 0.25) is 0 Å². The van der Waals surface area contributed by atoms with Crippen LogP contribution in [0.25, 0.3) is 0 Å². The number of ether oxygens (including phenoxy) is 3. The van der Waals surface area contributed by atoms with Gasteiger partial charge in [0.15, 0.2) is 17.6 Å². The first-order valence-corrected chi connectivity index (χ1v) is 14.2. The Morgan fingerprint density at radius 3 is 2.58 bits per heavy atom. The molecule has 36 heavy (non-hydrogen) atoms. The van der Waals surface area contributed by atoms with Crippen molar-refractivity contribution in [3.63, 3.8) is 0 Å². The second-order valence-electron chi connectivity index (χ2n) is 11.3. The molecule has 5 rings (SSSR count). The van der Waals surface area contributed by atoms with Crippen molar-refractivity contribution in [2.75, 3.05) is 20.7 Å². The molecule has 1 aromatic carbocycles. The van der Waals surface area contributed by atoms with E-state index in [1.165, 1.54) is 50.5 Å². The Balaban J connectivity index is 1.27. The molecule has 0 radical (unpaired) electrons. The Kier molecular flexibility index (Phi) is 7.37. The predicted octanol–water partition coefficient (Wildman–Crippen LogP) is 5.44. The molecule has 1 saturated heterocycles. The van der Waals surface area contributed by atoms with E-state index < -0.39 is 17.1 Å². The third-order valence-electron chi connectivity index (χ3n) is 9.27. The van der Waals surface area contributed by atoms with Crippen molar-refractivity contribution in [3.05, 3.63) is 35.1 Å². The van der Waals surface area contributed by atoms with Crippen LogP contribution in [-0.4, -0.2) is 54.4 Å². The minimum Gasteiger partial charge on any atom is -0.493 e.